The molecule has 1 atom stereocenters. The Balaban J connectivity index is 2.27. The minimum Gasteiger partial charge on any atom is -0.496 e. The molecular weight excluding hydrogens is 288 g/mol. The number of methoxy groups -OCH3 is 1. The zero-order chi connectivity index (χ0) is 15.4. The molecule has 0 saturated carbocycles. The molecule has 21 heavy (non-hydrogen) atoms. The van der Waals surface area contributed by atoms with Gasteiger partial charge in [-0.05, 0) is 43.2 Å². The van der Waals surface area contributed by atoms with E-state index < -0.39 is 6.10 Å². The van der Waals surface area contributed by atoms with E-state index in [9.17, 15) is 5.11 Å². The number of aliphatic hydroxyl groups is 1. The Labute approximate surface area is 130 Å². The summed E-state index contributed by atoms with van der Waals surface area (Å²) in [4.78, 5) is 0. The number of aryl methyl sites for hydroxylation is 2. The molecule has 1 heterocycles. The summed E-state index contributed by atoms with van der Waals surface area (Å²) in [6.07, 6.45) is 0.663. The van der Waals surface area contributed by atoms with Crippen LogP contribution >= 0.6 is 11.6 Å². The maximum absolute atomic E-state index is 10.5. The quantitative estimate of drug-likeness (QED) is 0.889. The molecule has 2 rings (SSSR count). The van der Waals surface area contributed by atoms with Crippen molar-refractivity contribution < 1.29 is 9.84 Å². The third-order valence-corrected chi connectivity index (χ3v) is 3.76. The predicted molar refractivity (Wildman–Crippen MR) is 83.9 cm³/mol. The first-order valence-corrected chi connectivity index (χ1v) is 7.53. The van der Waals surface area contributed by atoms with Crippen LogP contribution < -0.4 is 4.74 Å². The number of rotatable bonds is 6. The largest absolute Gasteiger partial charge is 0.496 e. The number of halogens is 1. The zero-order valence-corrected chi connectivity index (χ0v) is 13.4. The van der Waals surface area contributed by atoms with Crippen molar-refractivity contribution >= 4 is 11.6 Å². The van der Waals surface area contributed by atoms with E-state index in [0.717, 1.165) is 35.7 Å². The van der Waals surface area contributed by atoms with Crippen molar-refractivity contribution in [2.75, 3.05) is 7.11 Å². The molecule has 2 aromatic rings. The number of benzene rings is 1. The van der Waals surface area contributed by atoms with Gasteiger partial charge in [-0.3, -0.25) is 4.68 Å². The minimum atomic E-state index is -0.634. The fourth-order valence-electron chi connectivity index (χ4n) is 2.40. The van der Waals surface area contributed by atoms with E-state index >= 15 is 0 Å². The Hall–Kier alpha value is -1.52. The highest BCUT2D eigenvalue weighted by Gasteiger charge is 2.17. The summed E-state index contributed by atoms with van der Waals surface area (Å²) >= 11 is 6.03. The molecule has 4 nitrogen and oxygen atoms in total. The van der Waals surface area contributed by atoms with E-state index in [4.69, 9.17) is 16.3 Å². The van der Waals surface area contributed by atoms with Gasteiger partial charge in [-0.2, -0.15) is 5.10 Å². The average Bonchev–Trinajstić information content (AvgIpc) is 2.91. The van der Waals surface area contributed by atoms with Gasteiger partial charge in [0.1, 0.15) is 5.75 Å². The summed E-state index contributed by atoms with van der Waals surface area (Å²) in [6.45, 7) is 4.81. The SMILES string of the molecule is CCc1cc(C(O)Cc2cc(Cl)ccc2OC)n(CC)n1. The van der Waals surface area contributed by atoms with Crippen LogP contribution in [-0.2, 0) is 19.4 Å². The second-order valence-corrected chi connectivity index (χ2v) is 5.34. The van der Waals surface area contributed by atoms with Crippen LogP contribution in [-0.4, -0.2) is 22.0 Å². The van der Waals surface area contributed by atoms with Gasteiger partial charge in [0, 0.05) is 18.0 Å². The highest BCUT2D eigenvalue weighted by Crippen LogP contribution is 2.28. The fourth-order valence-corrected chi connectivity index (χ4v) is 2.60. The highest BCUT2D eigenvalue weighted by molar-refractivity contribution is 6.30. The van der Waals surface area contributed by atoms with Gasteiger partial charge in [0.15, 0.2) is 0 Å². The van der Waals surface area contributed by atoms with Crippen LogP contribution in [0.15, 0.2) is 24.3 Å². The van der Waals surface area contributed by atoms with Crippen molar-refractivity contribution in [3.8, 4) is 5.75 Å². The molecule has 0 aliphatic carbocycles. The van der Waals surface area contributed by atoms with Crippen molar-refractivity contribution in [1.29, 1.82) is 0 Å². The molecule has 0 radical (unpaired) electrons. The van der Waals surface area contributed by atoms with Crippen molar-refractivity contribution in [2.24, 2.45) is 0 Å². The zero-order valence-electron chi connectivity index (χ0n) is 12.6. The molecule has 5 heteroatoms. The lowest BCUT2D eigenvalue weighted by Crippen LogP contribution is -2.10. The molecule has 0 aliphatic rings. The first kappa shape index (κ1) is 15.9. The van der Waals surface area contributed by atoms with Gasteiger partial charge in [-0.1, -0.05) is 18.5 Å². The Morgan fingerprint density at radius 1 is 1.33 bits per heavy atom. The Kier molecular flexibility index (Phi) is 5.26. The summed E-state index contributed by atoms with van der Waals surface area (Å²) in [7, 11) is 1.62. The molecule has 1 N–H and O–H groups in total. The van der Waals surface area contributed by atoms with Gasteiger partial charge in [0.2, 0.25) is 0 Å². The number of hydrogen-bond acceptors (Lipinski definition) is 3. The number of aromatic nitrogens is 2. The molecule has 114 valence electrons. The summed E-state index contributed by atoms with van der Waals surface area (Å²) in [5, 5.41) is 15.7. The average molecular weight is 309 g/mol. The molecule has 1 aromatic heterocycles. The molecule has 0 aliphatic heterocycles. The van der Waals surface area contributed by atoms with Gasteiger partial charge in [0.25, 0.3) is 0 Å². The Bertz CT molecular complexity index is 610. The topological polar surface area (TPSA) is 47.3 Å². The van der Waals surface area contributed by atoms with E-state index in [1.165, 1.54) is 0 Å². The predicted octanol–water partition coefficient (Wildman–Crippen LogP) is 3.40. The van der Waals surface area contributed by atoms with E-state index in [1.54, 1.807) is 13.2 Å². The molecule has 0 spiro atoms. The van der Waals surface area contributed by atoms with E-state index in [0.29, 0.717) is 11.4 Å². The van der Waals surface area contributed by atoms with Crippen LogP contribution in [0.2, 0.25) is 5.02 Å². The lowest BCUT2D eigenvalue weighted by Gasteiger charge is -2.15. The summed E-state index contributed by atoms with van der Waals surface area (Å²) in [5.41, 5.74) is 2.71. The van der Waals surface area contributed by atoms with Crippen molar-refractivity contribution in [1.82, 2.24) is 9.78 Å². The van der Waals surface area contributed by atoms with Crippen LogP contribution in [0.5, 0.6) is 5.75 Å². The monoisotopic (exact) mass is 308 g/mol. The summed E-state index contributed by atoms with van der Waals surface area (Å²) in [5.74, 6) is 0.733. The first-order valence-electron chi connectivity index (χ1n) is 7.16. The van der Waals surface area contributed by atoms with Crippen molar-refractivity contribution in [2.45, 2.75) is 39.3 Å². The molecule has 1 aromatic carbocycles. The second-order valence-electron chi connectivity index (χ2n) is 4.91. The van der Waals surface area contributed by atoms with Crippen LogP contribution in [0.1, 0.15) is 36.9 Å². The lowest BCUT2D eigenvalue weighted by molar-refractivity contribution is 0.166. The van der Waals surface area contributed by atoms with E-state index in [1.807, 2.05) is 29.8 Å². The van der Waals surface area contributed by atoms with E-state index in [-0.39, 0.29) is 0 Å². The first-order chi connectivity index (χ1) is 10.1. The van der Waals surface area contributed by atoms with Crippen LogP contribution in [0.4, 0.5) is 0 Å². The van der Waals surface area contributed by atoms with Gasteiger partial charge in [-0.25, -0.2) is 0 Å². The van der Waals surface area contributed by atoms with Crippen LogP contribution in [0, 0.1) is 0 Å². The standard InChI is InChI=1S/C16H21ClN2O2/c1-4-13-10-14(19(5-2)18-13)15(20)9-11-8-12(17)6-7-16(11)21-3/h6-8,10,15,20H,4-5,9H2,1-3H3. The third kappa shape index (κ3) is 3.57. The Morgan fingerprint density at radius 2 is 2.10 bits per heavy atom. The van der Waals surface area contributed by atoms with Crippen molar-refractivity contribution in [3.05, 3.63) is 46.2 Å². The molecule has 0 saturated heterocycles. The number of hydrogen-bond donors (Lipinski definition) is 1. The number of aliphatic hydroxyl groups excluding tert-OH is 1. The molecular formula is C16H21ClN2O2. The number of ether oxygens (including phenoxy) is 1. The molecule has 0 fully saturated rings. The summed E-state index contributed by atoms with van der Waals surface area (Å²) in [6, 6.07) is 7.39. The normalized spacial score (nSPS) is 12.4. The molecule has 0 amide bonds. The maximum Gasteiger partial charge on any atom is 0.122 e. The smallest absolute Gasteiger partial charge is 0.122 e. The molecule has 1 unspecified atom stereocenters. The van der Waals surface area contributed by atoms with E-state index in [2.05, 4.69) is 12.0 Å². The van der Waals surface area contributed by atoms with Gasteiger partial charge in [0.05, 0.1) is 24.6 Å². The van der Waals surface area contributed by atoms with Gasteiger partial charge < -0.3 is 9.84 Å². The fraction of sp³-hybridized carbons (Fsp3) is 0.438. The van der Waals surface area contributed by atoms with Gasteiger partial charge >= 0.3 is 0 Å². The van der Waals surface area contributed by atoms with Crippen LogP contribution in [0.25, 0.3) is 0 Å². The molecule has 0 bridgehead atoms. The van der Waals surface area contributed by atoms with Crippen molar-refractivity contribution in [3.63, 3.8) is 0 Å². The van der Waals surface area contributed by atoms with Crippen LogP contribution in [0.3, 0.4) is 0 Å². The maximum atomic E-state index is 10.5. The summed E-state index contributed by atoms with van der Waals surface area (Å²) < 4.78 is 7.18. The Morgan fingerprint density at radius 3 is 2.71 bits per heavy atom. The highest BCUT2D eigenvalue weighted by atomic mass is 35.5. The second kappa shape index (κ2) is 6.96. The number of nitrogens with zero attached hydrogens (tertiary/aromatic N) is 2. The third-order valence-electron chi connectivity index (χ3n) is 3.52. The lowest BCUT2D eigenvalue weighted by atomic mass is 10.0. The minimum absolute atomic E-state index is 0.443. The van der Waals surface area contributed by atoms with Gasteiger partial charge in [-0.15, -0.1) is 0 Å².